The van der Waals surface area contributed by atoms with E-state index in [1.54, 1.807) is 20.8 Å². The van der Waals surface area contributed by atoms with E-state index in [1.165, 1.54) is 14.7 Å². The molecule has 6 saturated heterocycles. The van der Waals surface area contributed by atoms with Crippen LogP contribution in [0.4, 0.5) is 0 Å². The molecule has 85 heavy (non-hydrogen) atoms. The highest BCUT2D eigenvalue weighted by molar-refractivity contribution is 7.47. The average Bonchev–Trinajstić information content (AvgIpc) is 3.77. The van der Waals surface area contributed by atoms with Gasteiger partial charge in [-0.2, -0.15) is 0 Å². The van der Waals surface area contributed by atoms with Gasteiger partial charge in [-0.05, 0) is 52.4 Å². The molecule has 0 saturated carbocycles. The van der Waals surface area contributed by atoms with Crippen molar-refractivity contribution in [2.75, 3.05) is 79.1 Å². The lowest BCUT2D eigenvalue weighted by atomic mass is 9.92. The van der Waals surface area contributed by atoms with Crippen LogP contribution in [0, 0.1) is 17.8 Å². The molecule has 6 heterocycles. The van der Waals surface area contributed by atoms with Crippen LogP contribution in [0.15, 0.2) is 0 Å². The van der Waals surface area contributed by atoms with E-state index in [1.807, 2.05) is 13.8 Å². The van der Waals surface area contributed by atoms with Gasteiger partial charge >= 0.3 is 15.6 Å². The number of likely N-dealkylation sites (tertiary alicyclic amines) is 3. The molecule has 6 rings (SSSR count). The second kappa shape index (κ2) is 34.4. The van der Waals surface area contributed by atoms with Crippen molar-refractivity contribution in [1.29, 1.82) is 0 Å². The number of carbonyl (C=O) groups is 3. The quantitative estimate of drug-likeness (QED) is 0.0252. The van der Waals surface area contributed by atoms with E-state index in [9.17, 15) is 84.6 Å². The standard InChI is InChI=1S/C35H63N2O18P.C16H30NO11P/c1-19(2)51-17-23-12-25(14-37(23)29(42)8-6-10-50-35-21(4)31(44)33(46)27(16-39)54-35)55-56(47,48)52-18-22-11-24(40)13-36(22)28(41)7-5-9-49-34-20(3)30(43)32(45)26(15-38)53-34;1-9-14(21)15(22)12(7-18)28-16(9)26-4-2-3-13(20)17-6-11(19)5-10(17)8-27-29(23,24)25/h19-27,30-35,38-40,43-46H,5-18H2,1-4H3,(H,47,48);9-12,14-16,18-19,21-22H,2-8H2,1H3,(H2,23,24,25)/t20?,21?,22-,23-,24+,25+,26?,27?,30+,31+,32-,33-,34+,35+;9?,10-,11+,12?,14+,15-,16+/m00/s1. The molecule has 0 aromatic carbocycles. The Hall–Kier alpha value is -2.09. The Bertz CT molecular complexity index is 2130. The van der Waals surface area contributed by atoms with Crippen LogP contribution >= 0.6 is 15.6 Å². The predicted molar refractivity (Wildman–Crippen MR) is 288 cm³/mol. The third-order valence-electron chi connectivity index (χ3n) is 15.9. The van der Waals surface area contributed by atoms with Gasteiger partial charge in [-0.15, -0.1) is 0 Å². The predicted octanol–water partition coefficient (Wildman–Crippen LogP) is -3.85. The molecule has 0 aliphatic carbocycles. The van der Waals surface area contributed by atoms with E-state index in [-0.39, 0.29) is 128 Å². The monoisotopic (exact) mass is 1270 g/mol. The van der Waals surface area contributed by atoms with Crippen molar-refractivity contribution in [3.8, 4) is 0 Å². The molecule has 34 heteroatoms. The molecule has 7 unspecified atom stereocenters. The van der Waals surface area contributed by atoms with Gasteiger partial charge in [0, 0.05) is 56.7 Å². The summed E-state index contributed by atoms with van der Waals surface area (Å²) >= 11 is 0. The summed E-state index contributed by atoms with van der Waals surface area (Å²) in [6, 6.07) is -1.80. The second-order valence-corrected chi connectivity index (χ2v) is 25.5. The van der Waals surface area contributed by atoms with Crippen LogP contribution in [-0.4, -0.2) is 299 Å². The normalized spacial score (nSPS) is 37.0. The molecule has 0 radical (unpaired) electrons. The molecule has 6 fully saturated rings. The Morgan fingerprint density at radius 3 is 1.19 bits per heavy atom. The van der Waals surface area contributed by atoms with Gasteiger partial charge in [0.25, 0.3) is 0 Å². The maximum absolute atomic E-state index is 13.3. The molecule has 496 valence electrons. The molecular formula is C51H93N3O29P2. The van der Waals surface area contributed by atoms with Crippen LogP contribution in [0.2, 0.25) is 0 Å². The average molecular weight is 1270 g/mol. The number of nitrogens with zero attached hydrogens (tertiary/aromatic N) is 3. The zero-order valence-corrected chi connectivity index (χ0v) is 50.5. The molecule has 0 bridgehead atoms. The molecule has 3 amide bonds. The van der Waals surface area contributed by atoms with Gasteiger partial charge in [-0.3, -0.25) is 28.0 Å². The summed E-state index contributed by atoms with van der Waals surface area (Å²) in [5, 5.41) is 109. The van der Waals surface area contributed by atoms with E-state index >= 15 is 0 Å². The Morgan fingerprint density at radius 1 is 0.506 bits per heavy atom. The van der Waals surface area contributed by atoms with E-state index in [0.29, 0.717) is 6.42 Å². The molecule has 6 aliphatic rings. The van der Waals surface area contributed by atoms with Crippen molar-refractivity contribution < 1.29 is 141 Å². The highest BCUT2D eigenvalue weighted by atomic mass is 31.2. The fourth-order valence-corrected chi connectivity index (χ4v) is 12.3. The minimum absolute atomic E-state index is 0.00142. The van der Waals surface area contributed by atoms with E-state index in [2.05, 4.69) is 4.52 Å². The smallest absolute Gasteiger partial charge is 0.394 e. The second-order valence-electron chi connectivity index (χ2n) is 22.9. The fourth-order valence-electron chi connectivity index (χ4n) is 10.9. The number of β-amino-alcohol motifs (C(OH)–C–C–N with tert-alkyl or cyclic N) is 2. The van der Waals surface area contributed by atoms with Gasteiger partial charge in [-0.25, -0.2) is 9.13 Å². The summed E-state index contributed by atoms with van der Waals surface area (Å²) in [5.41, 5.74) is 0. The topological polar surface area (TPSA) is 471 Å². The summed E-state index contributed by atoms with van der Waals surface area (Å²) in [7, 11) is -9.37. The summed E-state index contributed by atoms with van der Waals surface area (Å²) < 4.78 is 78.6. The lowest BCUT2D eigenvalue weighted by Crippen LogP contribution is -2.55. The number of phosphoric ester groups is 2. The first-order chi connectivity index (χ1) is 40.0. The van der Waals surface area contributed by atoms with Gasteiger partial charge in [0.1, 0.15) is 36.6 Å². The van der Waals surface area contributed by atoms with Crippen LogP contribution in [0.25, 0.3) is 0 Å². The number of hydrogen-bond donors (Lipinski definition) is 14. The Kier molecular flexibility index (Phi) is 29.8. The number of aliphatic hydroxyl groups is 11. The molecule has 0 aromatic rings. The number of hydrogen-bond acceptors (Lipinski definition) is 26. The van der Waals surface area contributed by atoms with E-state index < -0.39 is 170 Å². The van der Waals surface area contributed by atoms with Crippen LogP contribution < -0.4 is 0 Å². The van der Waals surface area contributed by atoms with Crippen LogP contribution in [-0.2, 0) is 70.2 Å². The number of aliphatic hydroxyl groups excluding tert-OH is 11. The maximum Gasteiger partial charge on any atom is 0.472 e. The number of carbonyl (C=O) groups excluding carboxylic acids is 3. The lowest BCUT2D eigenvalue weighted by Gasteiger charge is -2.40. The largest absolute Gasteiger partial charge is 0.472 e. The number of phosphoric acid groups is 2. The summed E-state index contributed by atoms with van der Waals surface area (Å²) in [6.07, 6.45) is -14.1. The van der Waals surface area contributed by atoms with Gasteiger partial charge in [0.15, 0.2) is 18.9 Å². The first-order valence-electron chi connectivity index (χ1n) is 28.9. The molecule has 14 N–H and O–H groups in total. The van der Waals surface area contributed by atoms with Crippen molar-refractivity contribution >= 4 is 33.4 Å². The third-order valence-corrected chi connectivity index (χ3v) is 17.4. The number of ether oxygens (including phenoxy) is 7. The van der Waals surface area contributed by atoms with Crippen LogP contribution in [0.3, 0.4) is 0 Å². The Morgan fingerprint density at radius 2 is 0.847 bits per heavy atom. The van der Waals surface area contributed by atoms with Gasteiger partial charge in [0.05, 0.1) is 120 Å². The number of rotatable bonds is 29. The first kappa shape index (κ1) is 73.6. The molecule has 0 spiro atoms. The molecule has 0 aromatic heterocycles. The summed E-state index contributed by atoms with van der Waals surface area (Å²) in [4.78, 5) is 71.4. The molecule has 22 atom stereocenters. The fraction of sp³-hybridized carbons (Fsp3) is 0.941. The van der Waals surface area contributed by atoms with Crippen LogP contribution in [0.5, 0.6) is 0 Å². The zero-order chi connectivity index (χ0) is 63.1. The maximum atomic E-state index is 13.3. The van der Waals surface area contributed by atoms with Crippen molar-refractivity contribution in [3.05, 3.63) is 0 Å². The first-order valence-corrected chi connectivity index (χ1v) is 32.0. The summed E-state index contributed by atoms with van der Waals surface area (Å²) in [6.45, 7) is 6.81. The third kappa shape index (κ3) is 21.8. The van der Waals surface area contributed by atoms with Crippen molar-refractivity contribution in [1.82, 2.24) is 14.7 Å². The van der Waals surface area contributed by atoms with Crippen molar-refractivity contribution in [3.63, 3.8) is 0 Å². The van der Waals surface area contributed by atoms with Gasteiger partial charge < -0.3 is 119 Å². The van der Waals surface area contributed by atoms with Crippen molar-refractivity contribution in [2.24, 2.45) is 17.8 Å². The van der Waals surface area contributed by atoms with E-state index in [0.717, 1.165) is 0 Å². The molecule has 6 aliphatic heterocycles. The van der Waals surface area contributed by atoms with Gasteiger partial charge in [0.2, 0.25) is 17.7 Å². The van der Waals surface area contributed by atoms with Crippen molar-refractivity contribution in [2.45, 2.75) is 209 Å². The highest BCUT2D eigenvalue weighted by Gasteiger charge is 2.47. The zero-order valence-electron chi connectivity index (χ0n) is 48.7. The van der Waals surface area contributed by atoms with Crippen LogP contribution in [0.1, 0.15) is 92.4 Å². The van der Waals surface area contributed by atoms with Gasteiger partial charge in [-0.1, -0.05) is 20.8 Å². The minimum Gasteiger partial charge on any atom is -0.394 e. The highest BCUT2D eigenvalue weighted by Crippen LogP contribution is 2.47. The number of amides is 3. The molecular weight excluding hydrogens is 1180 g/mol. The van der Waals surface area contributed by atoms with E-state index in [4.69, 9.17) is 52.0 Å². The Labute approximate surface area is 493 Å². The SMILES string of the molecule is CC(C)OC[C@@H]1C[C@@H](OP(=O)(O)OC[C@@H]2C[C@@H](O)CN2C(=O)CCCO[C@@H]2OC(CO)[C@H](O)[C@H](O)C2C)CN1C(=O)CCCO[C@@H]1OC(CO)[C@H](O)[C@H](O)C1C.CC1[C@H](OCCCC(=O)N2C[C@H](O)C[C@H]2COP(=O)(O)O)OC(CO)[C@H](O)[C@@H]1O. The minimum atomic E-state index is -4.70. The Balaban J connectivity index is 0.000000381. The molecule has 32 nitrogen and oxygen atoms in total. The summed E-state index contributed by atoms with van der Waals surface area (Å²) in [5.74, 6) is -2.63. The lowest BCUT2D eigenvalue weighted by molar-refractivity contribution is -0.282.